The van der Waals surface area contributed by atoms with Gasteiger partial charge in [0.15, 0.2) is 0 Å². The van der Waals surface area contributed by atoms with Crippen LogP contribution >= 0.6 is 0 Å². The molecule has 15 heavy (non-hydrogen) atoms. The molecule has 1 saturated carbocycles. The van der Waals surface area contributed by atoms with Gasteiger partial charge in [-0.05, 0) is 38.0 Å². The molecule has 2 nitrogen and oxygen atoms in total. The lowest BCUT2D eigenvalue weighted by molar-refractivity contribution is 0.151. The topological polar surface area (TPSA) is 38.0 Å². The van der Waals surface area contributed by atoms with Crippen LogP contribution in [0.5, 0.6) is 0 Å². The molecule has 0 amide bonds. The van der Waals surface area contributed by atoms with Gasteiger partial charge in [-0.1, -0.05) is 19.8 Å². The third-order valence-electron chi connectivity index (χ3n) is 3.88. The maximum atomic E-state index is 5.92. The summed E-state index contributed by atoms with van der Waals surface area (Å²) in [6.07, 6.45) is 3.67. The summed E-state index contributed by atoms with van der Waals surface area (Å²) in [5.74, 6) is 7.58. The zero-order valence-electron chi connectivity index (χ0n) is 10.3. The highest BCUT2D eigenvalue weighted by atomic mass is 15.0. The van der Waals surface area contributed by atoms with Crippen LogP contribution in [0.3, 0.4) is 0 Å². The summed E-state index contributed by atoms with van der Waals surface area (Å²) in [4.78, 5) is 0. The molecule has 0 aromatic carbocycles. The van der Waals surface area contributed by atoms with Gasteiger partial charge in [0, 0.05) is 12.1 Å². The smallest absolute Gasteiger partial charge is 0.0581 e. The molecule has 3 N–H and O–H groups in total. The summed E-state index contributed by atoms with van der Waals surface area (Å²) in [5, 5.41) is 3.54. The maximum absolute atomic E-state index is 5.92. The van der Waals surface area contributed by atoms with E-state index in [1.54, 1.807) is 0 Å². The highest BCUT2D eigenvalue weighted by molar-refractivity contribution is 5.02. The van der Waals surface area contributed by atoms with Crippen LogP contribution in [0.2, 0.25) is 0 Å². The highest BCUT2D eigenvalue weighted by Gasteiger charge is 2.35. The normalized spacial score (nSPS) is 35.7. The average Bonchev–Trinajstić information content (AvgIpc) is 2.24. The third kappa shape index (κ3) is 3.22. The first kappa shape index (κ1) is 12.5. The van der Waals surface area contributed by atoms with Gasteiger partial charge < -0.3 is 5.73 Å². The summed E-state index contributed by atoms with van der Waals surface area (Å²) >= 11 is 0. The summed E-state index contributed by atoms with van der Waals surface area (Å²) in [5.41, 5.74) is 6.07. The molecule has 86 valence electrons. The van der Waals surface area contributed by atoms with E-state index < -0.39 is 0 Å². The Hall–Kier alpha value is -0.520. The molecule has 0 aromatic heterocycles. The molecule has 2 heteroatoms. The average molecular weight is 208 g/mol. The molecule has 1 aliphatic carbocycles. The Morgan fingerprint density at radius 1 is 1.40 bits per heavy atom. The predicted octanol–water partition coefficient (Wildman–Crippen LogP) is 1.75. The van der Waals surface area contributed by atoms with Crippen molar-refractivity contribution in [1.29, 1.82) is 0 Å². The summed E-state index contributed by atoms with van der Waals surface area (Å²) in [7, 11) is 0. The second-order valence-electron chi connectivity index (χ2n) is 4.96. The Morgan fingerprint density at radius 3 is 2.67 bits per heavy atom. The van der Waals surface area contributed by atoms with E-state index in [-0.39, 0.29) is 5.54 Å². The van der Waals surface area contributed by atoms with Crippen molar-refractivity contribution in [2.24, 2.45) is 17.6 Å². The molecule has 0 aromatic rings. The van der Waals surface area contributed by atoms with Crippen LogP contribution in [0.1, 0.15) is 40.0 Å². The lowest BCUT2D eigenvalue weighted by Gasteiger charge is -2.42. The van der Waals surface area contributed by atoms with Gasteiger partial charge in [0.25, 0.3) is 0 Å². The lowest BCUT2D eigenvalue weighted by Crippen LogP contribution is -2.55. The van der Waals surface area contributed by atoms with Crippen molar-refractivity contribution in [3.05, 3.63) is 0 Å². The molecule has 0 aliphatic heterocycles. The molecule has 0 spiro atoms. The van der Waals surface area contributed by atoms with Gasteiger partial charge in [0.05, 0.1) is 6.54 Å². The Labute approximate surface area is 94.0 Å². The molecule has 0 saturated heterocycles. The van der Waals surface area contributed by atoms with Gasteiger partial charge in [0.1, 0.15) is 0 Å². The monoisotopic (exact) mass is 208 g/mol. The first-order valence-corrected chi connectivity index (χ1v) is 5.98. The van der Waals surface area contributed by atoms with E-state index >= 15 is 0 Å². The van der Waals surface area contributed by atoms with Crippen LogP contribution < -0.4 is 11.1 Å². The number of hydrogen-bond acceptors (Lipinski definition) is 2. The van der Waals surface area contributed by atoms with E-state index in [9.17, 15) is 0 Å². The molecular weight excluding hydrogens is 184 g/mol. The Bertz CT molecular complexity index is 251. The van der Waals surface area contributed by atoms with Crippen LogP contribution in [-0.4, -0.2) is 18.6 Å². The van der Waals surface area contributed by atoms with Crippen LogP contribution in [0.15, 0.2) is 0 Å². The number of nitrogens with two attached hydrogens (primary N) is 1. The molecule has 1 aliphatic rings. The minimum absolute atomic E-state index is 0.149. The molecule has 0 bridgehead atoms. The SMILES string of the molecule is CC#CCNC1(CN)CCC(C)C(C)C1. The summed E-state index contributed by atoms with van der Waals surface area (Å²) in [6, 6.07) is 0. The van der Waals surface area contributed by atoms with Crippen LogP contribution in [0, 0.1) is 23.7 Å². The van der Waals surface area contributed by atoms with Crippen molar-refractivity contribution in [3.8, 4) is 11.8 Å². The van der Waals surface area contributed by atoms with Crippen molar-refractivity contribution < 1.29 is 0 Å². The first-order valence-electron chi connectivity index (χ1n) is 5.98. The zero-order chi connectivity index (χ0) is 11.3. The molecule has 0 radical (unpaired) electrons. The van der Waals surface area contributed by atoms with Gasteiger partial charge in [-0.2, -0.15) is 0 Å². The second-order valence-corrected chi connectivity index (χ2v) is 4.96. The Kier molecular flexibility index (Phi) is 4.63. The number of rotatable bonds is 3. The third-order valence-corrected chi connectivity index (χ3v) is 3.88. The summed E-state index contributed by atoms with van der Waals surface area (Å²) < 4.78 is 0. The fourth-order valence-electron chi connectivity index (χ4n) is 2.45. The highest BCUT2D eigenvalue weighted by Crippen LogP contribution is 2.35. The molecule has 1 rings (SSSR count). The van der Waals surface area contributed by atoms with Gasteiger partial charge in [0.2, 0.25) is 0 Å². The van der Waals surface area contributed by atoms with E-state index in [1.807, 2.05) is 6.92 Å². The van der Waals surface area contributed by atoms with Crippen LogP contribution in [0.25, 0.3) is 0 Å². The van der Waals surface area contributed by atoms with Crippen LogP contribution in [0.4, 0.5) is 0 Å². The largest absolute Gasteiger partial charge is 0.329 e. The van der Waals surface area contributed by atoms with E-state index in [2.05, 4.69) is 31.0 Å². The lowest BCUT2D eigenvalue weighted by atomic mass is 9.71. The fourth-order valence-corrected chi connectivity index (χ4v) is 2.45. The number of hydrogen-bond donors (Lipinski definition) is 2. The molecular formula is C13H24N2. The minimum Gasteiger partial charge on any atom is -0.329 e. The quantitative estimate of drug-likeness (QED) is 0.694. The molecule has 3 unspecified atom stereocenters. The first-order chi connectivity index (χ1) is 7.13. The van der Waals surface area contributed by atoms with Crippen LogP contribution in [-0.2, 0) is 0 Å². The Morgan fingerprint density at radius 2 is 2.13 bits per heavy atom. The molecule has 3 atom stereocenters. The standard InChI is InChI=1S/C13H24N2/c1-4-5-8-15-13(10-14)7-6-11(2)12(3)9-13/h11-12,15H,6-10,14H2,1-3H3. The van der Waals surface area contributed by atoms with E-state index in [1.165, 1.54) is 19.3 Å². The summed E-state index contributed by atoms with van der Waals surface area (Å²) in [6.45, 7) is 8.06. The maximum Gasteiger partial charge on any atom is 0.0581 e. The van der Waals surface area contributed by atoms with Crippen molar-refractivity contribution in [2.45, 2.75) is 45.6 Å². The predicted molar refractivity (Wildman–Crippen MR) is 65.4 cm³/mol. The molecule has 0 heterocycles. The number of nitrogens with one attached hydrogen (secondary N) is 1. The Balaban J connectivity index is 2.55. The van der Waals surface area contributed by atoms with Gasteiger partial charge in [-0.25, -0.2) is 0 Å². The van der Waals surface area contributed by atoms with E-state index in [4.69, 9.17) is 5.73 Å². The minimum atomic E-state index is 0.149. The van der Waals surface area contributed by atoms with Crippen molar-refractivity contribution >= 4 is 0 Å². The van der Waals surface area contributed by atoms with Crippen molar-refractivity contribution in [2.75, 3.05) is 13.1 Å². The second kappa shape index (κ2) is 5.53. The van der Waals surface area contributed by atoms with Gasteiger partial charge in [-0.3, -0.25) is 5.32 Å². The van der Waals surface area contributed by atoms with E-state index in [0.29, 0.717) is 0 Å². The van der Waals surface area contributed by atoms with Crippen molar-refractivity contribution in [3.63, 3.8) is 0 Å². The van der Waals surface area contributed by atoms with Gasteiger partial charge >= 0.3 is 0 Å². The van der Waals surface area contributed by atoms with Gasteiger partial charge in [-0.15, -0.1) is 5.92 Å². The van der Waals surface area contributed by atoms with Crippen molar-refractivity contribution in [1.82, 2.24) is 5.32 Å². The fraction of sp³-hybridized carbons (Fsp3) is 0.846. The molecule has 1 fully saturated rings. The zero-order valence-corrected chi connectivity index (χ0v) is 10.3. The van der Waals surface area contributed by atoms with E-state index in [0.717, 1.165) is 24.9 Å².